The van der Waals surface area contributed by atoms with Crippen molar-refractivity contribution >= 4 is 27.5 Å². The van der Waals surface area contributed by atoms with Crippen LogP contribution >= 0.6 is 0 Å². The van der Waals surface area contributed by atoms with Gasteiger partial charge in [0.2, 0.25) is 21.8 Å². The van der Waals surface area contributed by atoms with Crippen molar-refractivity contribution in [2.75, 3.05) is 31.6 Å². The van der Waals surface area contributed by atoms with E-state index >= 15 is 0 Å². The Hall–Kier alpha value is -2.13. The predicted octanol–water partition coefficient (Wildman–Crippen LogP) is 2.70. The Balaban J connectivity index is 2.35. The van der Waals surface area contributed by atoms with E-state index in [1.165, 1.54) is 16.4 Å². The van der Waals surface area contributed by atoms with E-state index < -0.39 is 16.1 Å². The molecule has 30 heavy (non-hydrogen) atoms. The Morgan fingerprint density at radius 3 is 2.47 bits per heavy atom. The highest BCUT2D eigenvalue weighted by molar-refractivity contribution is 7.89. The van der Waals surface area contributed by atoms with Crippen molar-refractivity contribution in [1.82, 2.24) is 9.21 Å². The third-order valence-corrected chi connectivity index (χ3v) is 7.23. The Bertz CT molecular complexity index is 865. The Morgan fingerprint density at radius 2 is 1.90 bits per heavy atom. The van der Waals surface area contributed by atoms with Gasteiger partial charge in [-0.1, -0.05) is 27.7 Å². The second-order valence-electron chi connectivity index (χ2n) is 7.51. The monoisotopic (exact) mass is 439 g/mol. The standard InChI is InChI=1S/C21H33N3O5S/c1-6-23(7-2)30(27,28)16-11-12-19(29-8-3)17(14-16)22-20(25)18-10-9-13-24(18)21(26)15(4)5/h11-12,14-15,18H,6-10,13H2,1-5H3,(H,22,25). The minimum Gasteiger partial charge on any atom is -0.492 e. The quantitative estimate of drug-likeness (QED) is 0.638. The van der Waals surface area contributed by atoms with Crippen molar-refractivity contribution in [3.05, 3.63) is 18.2 Å². The molecule has 1 heterocycles. The zero-order chi connectivity index (χ0) is 22.5. The molecule has 0 radical (unpaired) electrons. The first kappa shape index (κ1) is 24.1. The number of sulfonamides is 1. The molecule has 0 saturated carbocycles. The number of benzene rings is 1. The summed E-state index contributed by atoms with van der Waals surface area (Å²) in [5.41, 5.74) is 0.291. The third-order valence-electron chi connectivity index (χ3n) is 5.18. The molecule has 1 aliphatic rings. The fourth-order valence-electron chi connectivity index (χ4n) is 3.61. The summed E-state index contributed by atoms with van der Waals surface area (Å²) in [5.74, 6) is -0.195. The maximum atomic E-state index is 13.0. The van der Waals surface area contributed by atoms with E-state index in [9.17, 15) is 18.0 Å². The van der Waals surface area contributed by atoms with Gasteiger partial charge in [-0.25, -0.2) is 8.42 Å². The number of nitrogens with zero attached hydrogens (tertiary/aromatic N) is 2. The molecule has 0 aromatic heterocycles. The number of nitrogens with one attached hydrogen (secondary N) is 1. The van der Waals surface area contributed by atoms with Gasteiger partial charge in [-0.05, 0) is 38.0 Å². The van der Waals surface area contributed by atoms with Gasteiger partial charge in [0.05, 0.1) is 17.2 Å². The van der Waals surface area contributed by atoms with Gasteiger partial charge in [0, 0.05) is 25.6 Å². The van der Waals surface area contributed by atoms with E-state index in [4.69, 9.17) is 4.74 Å². The van der Waals surface area contributed by atoms with Crippen molar-refractivity contribution in [3.8, 4) is 5.75 Å². The van der Waals surface area contributed by atoms with Gasteiger partial charge in [0.25, 0.3) is 0 Å². The summed E-state index contributed by atoms with van der Waals surface area (Å²) in [4.78, 5) is 27.1. The molecule has 1 aliphatic heterocycles. The number of likely N-dealkylation sites (tertiary alicyclic amines) is 1. The summed E-state index contributed by atoms with van der Waals surface area (Å²) >= 11 is 0. The first-order valence-corrected chi connectivity index (χ1v) is 12.0. The summed E-state index contributed by atoms with van der Waals surface area (Å²) in [5, 5.41) is 2.81. The van der Waals surface area contributed by atoms with Crippen molar-refractivity contribution in [1.29, 1.82) is 0 Å². The second kappa shape index (κ2) is 10.3. The van der Waals surface area contributed by atoms with Gasteiger partial charge in [0.1, 0.15) is 11.8 Å². The maximum absolute atomic E-state index is 13.0. The van der Waals surface area contributed by atoms with E-state index in [2.05, 4.69) is 5.32 Å². The van der Waals surface area contributed by atoms with Crippen LogP contribution in [0.5, 0.6) is 5.75 Å². The van der Waals surface area contributed by atoms with Crippen LogP contribution in [0, 0.1) is 5.92 Å². The SMILES string of the molecule is CCOc1ccc(S(=O)(=O)N(CC)CC)cc1NC(=O)C1CCCN1C(=O)C(C)C. The van der Waals surface area contributed by atoms with Gasteiger partial charge in [0.15, 0.2) is 0 Å². The molecule has 0 bridgehead atoms. The highest BCUT2D eigenvalue weighted by Gasteiger charge is 2.35. The molecule has 1 saturated heterocycles. The van der Waals surface area contributed by atoms with Crippen molar-refractivity contribution < 1.29 is 22.7 Å². The van der Waals surface area contributed by atoms with Gasteiger partial charge in [-0.15, -0.1) is 0 Å². The number of hydrogen-bond acceptors (Lipinski definition) is 5. The number of anilines is 1. The first-order chi connectivity index (χ1) is 14.2. The maximum Gasteiger partial charge on any atom is 0.247 e. The summed E-state index contributed by atoms with van der Waals surface area (Å²) in [6, 6.07) is 3.90. The van der Waals surface area contributed by atoms with Crippen LogP contribution in [0.25, 0.3) is 0 Å². The molecular weight excluding hydrogens is 406 g/mol. The molecule has 1 N–H and O–H groups in total. The van der Waals surface area contributed by atoms with E-state index in [1.54, 1.807) is 24.8 Å². The van der Waals surface area contributed by atoms with Gasteiger partial charge < -0.3 is 15.0 Å². The lowest BCUT2D eigenvalue weighted by atomic mass is 10.1. The lowest BCUT2D eigenvalue weighted by Crippen LogP contribution is -2.44. The van der Waals surface area contributed by atoms with E-state index in [1.807, 2.05) is 20.8 Å². The Labute approximate surface area is 179 Å². The lowest BCUT2D eigenvalue weighted by Gasteiger charge is -2.26. The summed E-state index contributed by atoms with van der Waals surface area (Å²) in [6.07, 6.45) is 1.33. The molecule has 2 amide bonds. The fourth-order valence-corrected chi connectivity index (χ4v) is 5.10. The smallest absolute Gasteiger partial charge is 0.247 e. The number of ether oxygens (including phenoxy) is 1. The van der Waals surface area contributed by atoms with Gasteiger partial charge >= 0.3 is 0 Å². The fraction of sp³-hybridized carbons (Fsp3) is 0.619. The van der Waals surface area contributed by atoms with Crippen LogP contribution in [0.3, 0.4) is 0 Å². The topological polar surface area (TPSA) is 96.0 Å². The average molecular weight is 440 g/mol. The van der Waals surface area contributed by atoms with Crippen molar-refractivity contribution in [2.24, 2.45) is 5.92 Å². The molecule has 2 rings (SSSR count). The zero-order valence-electron chi connectivity index (χ0n) is 18.5. The zero-order valence-corrected chi connectivity index (χ0v) is 19.3. The molecule has 1 aromatic carbocycles. The Kier molecular flexibility index (Phi) is 8.25. The highest BCUT2D eigenvalue weighted by atomic mass is 32.2. The minimum atomic E-state index is -3.68. The van der Waals surface area contributed by atoms with Crippen LogP contribution < -0.4 is 10.1 Å². The predicted molar refractivity (Wildman–Crippen MR) is 116 cm³/mol. The normalized spacial score (nSPS) is 16.9. The summed E-state index contributed by atoms with van der Waals surface area (Å²) in [6.45, 7) is 10.6. The molecule has 0 aliphatic carbocycles. The largest absolute Gasteiger partial charge is 0.492 e. The summed E-state index contributed by atoms with van der Waals surface area (Å²) in [7, 11) is -3.68. The molecular formula is C21H33N3O5S. The van der Waals surface area contributed by atoms with E-state index in [0.717, 1.165) is 6.42 Å². The molecule has 9 heteroatoms. The highest BCUT2D eigenvalue weighted by Crippen LogP contribution is 2.30. The summed E-state index contributed by atoms with van der Waals surface area (Å²) < 4.78 is 32.7. The minimum absolute atomic E-state index is 0.0597. The van der Waals surface area contributed by atoms with Crippen LogP contribution in [0.15, 0.2) is 23.1 Å². The second-order valence-corrected chi connectivity index (χ2v) is 9.45. The lowest BCUT2D eigenvalue weighted by molar-refractivity contribution is -0.139. The number of amides is 2. The molecule has 168 valence electrons. The number of carbonyl (C=O) groups is 2. The number of rotatable bonds is 9. The first-order valence-electron chi connectivity index (χ1n) is 10.6. The molecule has 0 spiro atoms. The molecule has 1 unspecified atom stereocenters. The van der Waals surface area contributed by atoms with Crippen molar-refractivity contribution in [2.45, 2.75) is 58.4 Å². The molecule has 1 atom stereocenters. The molecule has 1 aromatic rings. The molecule has 1 fully saturated rings. The number of hydrogen-bond donors (Lipinski definition) is 1. The van der Waals surface area contributed by atoms with Crippen LogP contribution in [0.4, 0.5) is 5.69 Å². The number of carbonyl (C=O) groups excluding carboxylic acids is 2. The van der Waals surface area contributed by atoms with Gasteiger partial charge in [-0.3, -0.25) is 9.59 Å². The Morgan fingerprint density at radius 1 is 1.23 bits per heavy atom. The van der Waals surface area contributed by atoms with E-state index in [-0.39, 0.29) is 22.6 Å². The molecule has 8 nitrogen and oxygen atoms in total. The van der Waals surface area contributed by atoms with Crippen LogP contribution in [-0.2, 0) is 19.6 Å². The third kappa shape index (κ3) is 5.13. The van der Waals surface area contributed by atoms with Crippen LogP contribution in [0.1, 0.15) is 47.5 Å². The van der Waals surface area contributed by atoms with Gasteiger partial charge in [-0.2, -0.15) is 4.31 Å². The van der Waals surface area contributed by atoms with Crippen LogP contribution in [-0.4, -0.2) is 61.7 Å². The average Bonchev–Trinajstić information content (AvgIpc) is 3.19. The van der Waals surface area contributed by atoms with E-state index in [0.29, 0.717) is 44.1 Å². The van der Waals surface area contributed by atoms with Crippen molar-refractivity contribution in [3.63, 3.8) is 0 Å². The van der Waals surface area contributed by atoms with Crippen LogP contribution in [0.2, 0.25) is 0 Å².